The topological polar surface area (TPSA) is 50.5 Å². The number of aliphatic hydroxyl groups is 1. The molecule has 1 fully saturated rings. The Morgan fingerprint density at radius 3 is 2.62 bits per heavy atom. The molecule has 1 aromatic heterocycles. The third-order valence-corrected chi connectivity index (χ3v) is 6.06. The lowest BCUT2D eigenvalue weighted by molar-refractivity contribution is 0.0976. The minimum absolute atomic E-state index is 0.390. The van der Waals surface area contributed by atoms with Crippen molar-refractivity contribution in [1.82, 2.24) is 14.7 Å². The van der Waals surface area contributed by atoms with Crippen LogP contribution in [0.1, 0.15) is 31.2 Å². The fraction of sp³-hybridized carbons (Fsp3) is 0.346. The second-order valence-corrected chi connectivity index (χ2v) is 8.74. The molecule has 0 unspecified atom stereocenters. The van der Waals surface area contributed by atoms with Crippen LogP contribution < -0.4 is 4.74 Å². The SMILES string of the molecule is C=CCC[C@@H](O)CN(Cc1c(-c2ccccc2)nn(C)c1Oc1ccccc1Cl)C1CC1. The average Bonchev–Trinajstić information content (AvgIpc) is 3.60. The Kier molecular flexibility index (Phi) is 7.30. The van der Waals surface area contributed by atoms with Gasteiger partial charge in [-0.1, -0.05) is 60.1 Å². The molecule has 2 aromatic carbocycles. The molecule has 1 saturated carbocycles. The lowest BCUT2D eigenvalue weighted by Gasteiger charge is -2.25. The monoisotopic (exact) mass is 451 g/mol. The maximum absolute atomic E-state index is 10.6. The quantitative estimate of drug-likeness (QED) is 0.373. The lowest BCUT2D eigenvalue weighted by Crippen LogP contribution is -2.34. The number of ether oxygens (including phenoxy) is 1. The number of hydrogen-bond acceptors (Lipinski definition) is 4. The summed E-state index contributed by atoms with van der Waals surface area (Å²) in [6.07, 6.45) is 5.29. The Bertz CT molecular complexity index is 1050. The molecule has 168 valence electrons. The minimum Gasteiger partial charge on any atom is -0.437 e. The summed E-state index contributed by atoms with van der Waals surface area (Å²) in [6, 6.07) is 18.1. The van der Waals surface area contributed by atoms with Crippen molar-refractivity contribution in [3.63, 3.8) is 0 Å². The van der Waals surface area contributed by atoms with Crippen LogP contribution in [0.4, 0.5) is 0 Å². The van der Waals surface area contributed by atoms with E-state index in [1.54, 1.807) is 4.68 Å². The van der Waals surface area contributed by atoms with Crippen LogP contribution in [-0.4, -0.2) is 38.5 Å². The molecule has 0 saturated heterocycles. The van der Waals surface area contributed by atoms with Gasteiger partial charge in [-0.05, 0) is 37.8 Å². The van der Waals surface area contributed by atoms with E-state index in [2.05, 4.69) is 23.6 Å². The summed E-state index contributed by atoms with van der Waals surface area (Å²) >= 11 is 6.38. The van der Waals surface area contributed by atoms with Crippen molar-refractivity contribution in [2.75, 3.05) is 6.54 Å². The second kappa shape index (κ2) is 10.3. The molecule has 1 atom stereocenters. The van der Waals surface area contributed by atoms with Crippen LogP contribution in [-0.2, 0) is 13.6 Å². The van der Waals surface area contributed by atoms with Gasteiger partial charge in [0.05, 0.1) is 16.7 Å². The summed E-state index contributed by atoms with van der Waals surface area (Å²) in [5.41, 5.74) is 2.93. The number of aromatic nitrogens is 2. The molecule has 1 heterocycles. The lowest BCUT2D eigenvalue weighted by atomic mass is 10.1. The maximum Gasteiger partial charge on any atom is 0.222 e. The Balaban J connectivity index is 1.69. The van der Waals surface area contributed by atoms with Gasteiger partial charge in [-0.15, -0.1) is 6.58 Å². The Morgan fingerprint density at radius 2 is 1.94 bits per heavy atom. The average molecular weight is 452 g/mol. The highest BCUT2D eigenvalue weighted by Gasteiger charge is 2.33. The molecular weight excluding hydrogens is 422 g/mol. The van der Waals surface area contributed by atoms with E-state index in [0.29, 0.717) is 42.2 Å². The zero-order valence-corrected chi connectivity index (χ0v) is 19.2. The Morgan fingerprint density at radius 1 is 1.22 bits per heavy atom. The maximum atomic E-state index is 10.6. The summed E-state index contributed by atoms with van der Waals surface area (Å²) in [4.78, 5) is 2.36. The highest BCUT2D eigenvalue weighted by Crippen LogP contribution is 2.38. The molecule has 6 heteroatoms. The normalized spacial score (nSPS) is 14.5. The number of allylic oxidation sites excluding steroid dienone is 1. The zero-order valence-electron chi connectivity index (χ0n) is 18.5. The van der Waals surface area contributed by atoms with E-state index < -0.39 is 6.10 Å². The van der Waals surface area contributed by atoms with E-state index >= 15 is 0 Å². The van der Waals surface area contributed by atoms with Gasteiger partial charge in [-0.25, -0.2) is 4.68 Å². The molecule has 0 amide bonds. The summed E-state index contributed by atoms with van der Waals surface area (Å²) in [7, 11) is 1.89. The van der Waals surface area contributed by atoms with Crippen LogP contribution in [0.3, 0.4) is 0 Å². The van der Waals surface area contributed by atoms with Crippen LogP contribution in [0.15, 0.2) is 67.3 Å². The molecule has 0 spiro atoms. The number of hydrogen-bond donors (Lipinski definition) is 1. The first-order valence-electron chi connectivity index (χ1n) is 11.1. The van der Waals surface area contributed by atoms with E-state index in [1.807, 2.05) is 55.6 Å². The molecule has 3 aromatic rings. The summed E-state index contributed by atoms with van der Waals surface area (Å²) in [5.74, 6) is 1.27. The fourth-order valence-electron chi connectivity index (χ4n) is 3.94. The third kappa shape index (κ3) is 5.41. The molecule has 0 bridgehead atoms. The van der Waals surface area contributed by atoms with Gasteiger partial charge >= 0.3 is 0 Å². The number of aryl methyl sites for hydroxylation is 1. The molecular formula is C26H30ClN3O2. The van der Waals surface area contributed by atoms with Gasteiger partial charge in [0, 0.05) is 31.7 Å². The molecule has 0 radical (unpaired) electrons. The number of halogens is 1. The van der Waals surface area contributed by atoms with Crippen molar-refractivity contribution < 1.29 is 9.84 Å². The van der Waals surface area contributed by atoms with Crippen molar-refractivity contribution in [2.45, 2.75) is 44.4 Å². The first kappa shape index (κ1) is 22.6. The predicted octanol–water partition coefficient (Wildman–Crippen LogP) is 5.82. The summed E-state index contributed by atoms with van der Waals surface area (Å²) in [6.45, 7) is 5.04. The molecule has 1 aliphatic rings. The van der Waals surface area contributed by atoms with Crippen LogP contribution in [0, 0.1) is 0 Å². The summed E-state index contributed by atoms with van der Waals surface area (Å²) < 4.78 is 8.09. The smallest absolute Gasteiger partial charge is 0.222 e. The second-order valence-electron chi connectivity index (χ2n) is 8.33. The van der Waals surface area contributed by atoms with Gasteiger partial charge in [-0.2, -0.15) is 5.10 Å². The number of rotatable bonds is 11. The fourth-order valence-corrected chi connectivity index (χ4v) is 4.11. The first-order valence-corrected chi connectivity index (χ1v) is 11.5. The van der Waals surface area contributed by atoms with Crippen molar-refractivity contribution in [2.24, 2.45) is 7.05 Å². The Labute approximate surface area is 194 Å². The van der Waals surface area contributed by atoms with Crippen LogP contribution >= 0.6 is 11.6 Å². The highest BCUT2D eigenvalue weighted by atomic mass is 35.5. The van der Waals surface area contributed by atoms with Crippen molar-refractivity contribution >= 4 is 11.6 Å². The molecule has 5 nitrogen and oxygen atoms in total. The number of aliphatic hydroxyl groups excluding tert-OH is 1. The molecule has 1 aliphatic carbocycles. The van der Waals surface area contributed by atoms with Gasteiger partial charge in [0.15, 0.2) is 0 Å². The highest BCUT2D eigenvalue weighted by molar-refractivity contribution is 6.32. The van der Waals surface area contributed by atoms with Gasteiger partial charge < -0.3 is 9.84 Å². The number of benzene rings is 2. The molecule has 32 heavy (non-hydrogen) atoms. The largest absolute Gasteiger partial charge is 0.437 e. The standard InChI is InChI=1S/C26H30ClN3O2/c1-3-4-12-21(31)17-30(20-15-16-20)18-22-25(19-10-6-5-7-11-19)28-29(2)26(22)32-24-14-9-8-13-23(24)27/h3,5-11,13-14,20-21,31H,1,4,12,15-18H2,2H3/t21-/m1/s1. The number of nitrogens with zero attached hydrogens (tertiary/aromatic N) is 3. The zero-order chi connectivity index (χ0) is 22.5. The molecule has 0 aliphatic heterocycles. The molecule has 1 N–H and O–H groups in total. The Hall–Kier alpha value is -2.60. The van der Waals surface area contributed by atoms with E-state index in [1.165, 1.54) is 0 Å². The minimum atomic E-state index is -0.390. The van der Waals surface area contributed by atoms with E-state index in [9.17, 15) is 5.11 Å². The van der Waals surface area contributed by atoms with E-state index in [0.717, 1.165) is 36.1 Å². The molecule has 4 rings (SSSR count). The van der Waals surface area contributed by atoms with Crippen LogP contribution in [0.5, 0.6) is 11.6 Å². The van der Waals surface area contributed by atoms with Crippen LogP contribution in [0.2, 0.25) is 5.02 Å². The van der Waals surface area contributed by atoms with Gasteiger partial charge in [-0.3, -0.25) is 4.90 Å². The van der Waals surface area contributed by atoms with Crippen molar-refractivity contribution in [1.29, 1.82) is 0 Å². The van der Waals surface area contributed by atoms with Gasteiger partial charge in [0.25, 0.3) is 0 Å². The van der Waals surface area contributed by atoms with Crippen LogP contribution in [0.25, 0.3) is 11.3 Å². The van der Waals surface area contributed by atoms with Gasteiger partial charge in [0.2, 0.25) is 5.88 Å². The summed E-state index contributed by atoms with van der Waals surface area (Å²) in [5, 5.41) is 15.9. The van der Waals surface area contributed by atoms with Crippen molar-refractivity contribution in [3.05, 3.63) is 77.8 Å². The van der Waals surface area contributed by atoms with E-state index in [-0.39, 0.29) is 0 Å². The third-order valence-electron chi connectivity index (χ3n) is 5.75. The predicted molar refractivity (Wildman–Crippen MR) is 129 cm³/mol. The number of para-hydroxylation sites is 1. The van der Waals surface area contributed by atoms with Gasteiger partial charge in [0.1, 0.15) is 11.4 Å². The van der Waals surface area contributed by atoms with E-state index in [4.69, 9.17) is 21.4 Å². The van der Waals surface area contributed by atoms with Crippen molar-refractivity contribution in [3.8, 4) is 22.9 Å². The first-order chi connectivity index (χ1) is 15.6.